The van der Waals surface area contributed by atoms with Crippen LogP contribution in [0.5, 0.6) is 0 Å². The summed E-state index contributed by atoms with van der Waals surface area (Å²) in [6, 6.07) is 0. The van der Waals surface area contributed by atoms with Crippen molar-refractivity contribution >= 4 is 17.9 Å². The number of ether oxygens (including phenoxy) is 3. The third-order valence-corrected chi connectivity index (χ3v) is 14.7. The molecule has 0 aromatic rings. The average molecular weight is 1010 g/mol. The molecular weight excluding hydrogens is 889 g/mol. The van der Waals surface area contributed by atoms with Crippen molar-refractivity contribution in [3.63, 3.8) is 0 Å². The molecule has 0 saturated heterocycles. The molecule has 1 atom stereocenters. The summed E-state index contributed by atoms with van der Waals surface area (Å²) in [5.74, 6) is -0.847. The van der Waals surface area contributed by atoms with Crippen LogP contribution >= 0.6 is 0 Å². The van der Waals surface area contributed by atoms with E-state index in [4.69, 9.17) is 14.2 Å². The lowest BCUT2D eigenvalue weighted by Crippen LogP contribution is -2.30. The molecule has 0 aromatic carbocycles. The molecule has 72 heavy (non-hydrogen) atoms. The molecule has 0 saturated carbocycles. The van der Waals surface area contributed by atoms with E-state index in [1.54, 1.807) is 0 Å². The molecular formula is C66H124O6. The quantitative estimate of drug-likeness (QED) is 0.0261. The van der Waals surface area contributed by atoms with E-state index in [-0.39, 0.29) is 31.1 Å². The fraction of sp³-hybridized carbons (Fsp3) is 0.894. The van der Waals surface area contributed by atoms with Crippen molar-refractivity contribution in [2.45, 2.75) is 367 Å². The van der Waals surface area contributed by atoms with Gasteiger partial charge in [-0.2, -0.15) is 0 Å². The molecule has 0 aliphatic heterocycles. The maximum absolute atomic E-state index is 12.9. The Bertz CT molecular complexity index is 1160. The van der Waals surface area contributed by atoms with Crippen molar-refractivity contribution in [2.75, 3.05) is 13.2 Å². The van der Waals surface area contributed by atoms with E-state index in [2.05, 4.69) is 45.1 Å². The third-order valence-electron chi connectivity index (χ3n) is 14.7. The summed E-state index contributed by atoms with van der Waals surface area (Å²) in [4.78, 5) is 38.3. The van der Waals surface area contributed by atoms with Crippen molar-refractivity contribution in [3.05, 3.63) is 24.3 Å². The normalized spacial score (nSPS) is 12.1. The second-order valence-electron chi connectivity index (χ2n) is 22.0. The van der Waals surface area contributed by atoms with Gasteiger partial charge in [0.25, 0.3) is 0 Å². The minimum Gasteiger partial charge on any atom is -0.462 e. The minimum atomic E-state index is -0.772. The number of carbonyl (C=O) groups is 3. The molecule has 0 amide bonds. The summed E-state index contributed by atoms with van der Waals surface area (Å²) in [7, 11) is 0. The summed E-state index contributed by atoms with van der Waals surface area (Å²) in [5, 5.41) is 0. The van der Waals surface area contributed by atoms with E-state index < -0.39 is 6.10 Å². The number of esters is 3. The summed E-state index contributed by atoms with van der Waals surface area (Å²) in [6.07, 6.45) is 73.2. The first-order valence-corrected chi connectivity index (χ1v) is 32.3. The molecule has 0 aliphatic carbocycles. The van der Waals surface area contributed by atoms with Crippen LogP contribution in [0.4, 0.5) is 0 Å². The molecule has 0 aliphatic rings. The van der Waals surface area contributed by atoms with Crippen molar-refractivity contribution < 1.29 is 28.6 Å². The summed E-state index contributed by atoms with van der Waals surface area (Å²) in [6.45, 7) is 6.68. The molecule has 6 heteroatoms. The molecule has 0 aromatic heterocycles. The van der Waals surface area contributed by atoms with E-state index >= 15 is 0 Å². The molecule has 0 rings (SSSR count). The number of rotatable bonds is 60. The Hall–Kier alpha value is -2.11. The van der Waals surface area contributed by atoms with Crippen LogP contribution in [0.3, 0.4) is 0 Å². The zero-order valence-corrected chi connectivity index (χ0v) is 48.7. The van der Waals surface area contributed by atoms with Gasteiger partial charge in [-0.25, -0.2) is 0 Å². The standard InChI is InChI=1S/C66H124O6/c1-4-7-10-13-16-19-22-25-28-31-32-33-36-38-41-44-47-50-53-56-59-65(68)71-62-63(72-66(69)60-57-54-51-48-45-42-39-35-30-27-24-21-18-15-12-9-6-3)61-70-64(67)58-55-52-49-46-43-40-37-34-29-26-23-20-17-14-11-8-5-2/h18,21,27,30,63H,4-17,19-20,22-26,28-29,31-62H2,1-3H3/b21-18-,30-27-. The third kappa shape index (κ3) is 58.8. The van der Waals surface area contributed by atoms with Crippen LogP contribution in [0.1, 0.15) is 361 Å². The van der Waals surface area contributed by atoms with Gasteiger partial charge in [-0.3, -0.25) is 14.4 Å². The van der Waals surface area contributed by atoms with Crippen molar-refractivity contribution in [1.82, 2.24) is 0 Å². The summed E-state index contributed by atoms with van der Waals surface area (Å²) < 4.78 is 17.0. The highest BCUT2D eigenvalue weighted by atomic mass is 16.6. The van der Waals surface area contributed by atoms with E-state index in [1.807, 2.05) is 0 Å². The smallest absolute Gasteiger partial charge is 0.306 e. The molecule has 1 unspecified atom stereocenters. The van der Waals surface area contributed by atoms with Gasteiger partial charge in [-0.05, 0) is 51.4 Å². The van der Waals surface area contributed by atoms with E-state index in [1.165, 1.54) is 250 Å². The lowest BCUT2D eigenvalue weighted by Gasteiger charge is -2.18. The van der Waals surface area contributed by atoms with E-state index in [9.17, 15) is 14.4 Å². The van der Waals surface area contributed by atoms with Gasteiger partial charge in [0, 0.05) is 19.3 Å². The molecule has 0 fully saturated rings. The topological polar surface area (TPSA) is 78.9 Å². The van der Waals surface area contributed by atoms with Crippen LogP contribution in [0.25, 0.3) is 0 Å². The number of hydrogen-bond acceptors (Lipinski definition) is 6. The second kappa shape index (κ2) is 61.4. The number of hydrogen-bond donors (Lipinski definition) is 0. The SMILES string of the molecule is CCCCC/C=C\C/C=C\CCCCCCCCCC(=O)OC(COC(=O)CCCCCCCCCCCCCCCCCCC)COC(=O)CCCCCCCCCCCCCCCCCCCCCC. The first-order chi connectivity index (χ1) is 35.5. The van der Waals surface area contributed by atoms with Crippen LogP contribution in [0.15, 0.2) is 24.3 Å². The van der Waals surface area contributed by atoms with Gasteiger partial charge in [0.1, 0.15) is 13.2 Å². The number of allylic oxidation sites excluding steroid dienone is 4. The van der Waals surface area contributed by atoms with Crippen molar-refractivity contribution in [2.24, 2.45) is 0 Å². The lowest BCUT2D eigenvalue weighted by molar-refractivity contribution is -0.167. The Balaban J connectivity index is 4.31. The summed E-state index contributed by atoms with van der Waals surface area (Å²) in [5.41, 5.74) is 0. The zero-order chi connectivity index (χ0) is 52.2. The van der Waals surface area contributed by atoms with Crippen LogP contribution in [0.2, 0.25) is 0 Å². The second-order valence-corrected chi connectivity index (χ2v) is 22.0. The Morgan fingerprint density at radius 2 is 0.500 bits per heavy atom. The summed E-state index contributed by atoms with van der Waals surface area (Å²) >= 11 is 0. The Kier molecular flexibility index (Phi) is 59.6. The zero-order valence-electron chi connectivity index (χ0n) is 48.7. The van der Waals surface area contributed by atoms with Gasteiger partial charge < -0.3 is 14.2 Å². The average Bonchev–Trinajstić information content (AvgIpc) is 3.38. The minimum absolute atomic E-state index is 0.0683. The fourth-order valence-corrected chi connectivity index (χ4v) is 9.83. The van der Waals surface area contributed by atoms with E-state index in [0.29, 0.717) is 19.3 Å². The molecule has 424 valence electrons. The molecule has 0 heterocycles. The molecule has 0 spiro atoms. The Morgan fingerprint density at radius 1 is 0.278 bits per heavy atom. The van der Waals surface area contributed by atoms with Gasteiger partial charge in [-0.1, -0.05) is 315 Å². The molecule has 0 N–H and O–H groups in total. The predicted octanol–water partition coefficient (Wildman–Crippen LogP) is 21.8. The molecule has 0 radical (unpaired) electrons. The van der Waals surface area contributed by atoms with Gasteiger partial charge in [0.2, 0.25) is 0 Å². The van der Waals surface area contributed by atoms with E-state index in [0.717, 1.165) is 70.6 Å². The van der Waals surface area contributed by atoms with Crippen molar-refractivity contribution in [1.29, 1.82) is 0 Å². The van der Waals surface area contributed by atoms with Crippen LogP contribution in [-0.4, -0.2) is 37.2 Å². The molecule has 6 nitrogen and oxygen atoms in total. The van der Waals surface area contributed by atoms with Gasteiger partial charge >= 0.3 is 17.9 Å². The maximum Gasteiger partial charge on any atom is 0.306 e. The van der Waals surface area contributed by atoms with Crippen LogP contribution < -0.4 is 0 Å². The Morgan fingerprint density at radius 3 is 0.792 bits per heavy atom. The highest BCUT2D eigenvalue weighted by molar-refractivity contribution is 5.71. The monoisotopic (exact) mass is 1010 g/mol. The van der Waals surface area contributed by atoms with Crippen LogP contribution in [0, 0.1) is 0 Å². The lowest BCUT2D eigenvalue weighted by atomic mass is 10.0. The number of unbranched alkanes of at least 4 members (excludes halogenated alkanes) is 45. The number of carbonyl (C=O) groups excluding carboxylic acids is 3. The first kappa shape index (κ1) is 69.9. The van der Waals surface area contributed by atoms with Crippen molar-refractivity contribution in [3.8, 4) is 0 Å². The first-order valence-electron chi connectivity index (χ1n) is 32.3. The van der Waals surface area contributed by atoms with Gasteiger partial charge in [-0.15, -0.1) is 0 Å². The maximum atomic E-state index is 12.9. The van der Waals surface area contributed by atoms with Gasteiger partial charge in [0.15, 0.2) is 6.10 Å². The Labute approximate surface area is 449 Å². The highest BCUT2D eigenvalue weighted by Crippen LogP contribution is 2.18. The predicted molar refractivity (Wildman–Crippen MR) is 312 cm³/mol. The highest BCUT2D eigenvalue weighted by Gasteiger charge is 2.19. The largest absolute Gasteiger partial charge is 0.462 e. The fourth-order valence-electron chi connectivity index (χ4n) is 9.83. The molecule has 0 bridgehead atoms. The van der Waals surface area contributed by atoms with Gasteiger partial charge in [0.05, 0.1) is 0 Å². The van der Waals surface area contributed by atoms with Crippen LogP contribution in [-0.2, 0) is 28.6 Å².